The molecule has 2 heterocycles. The van der Waals surface area contributed by atoms with Crippen LogP contribution >= 0.6 is 0 Å². The first-order valence-corrected chi connectivity index (χ1v) is 5.76. The number of rotatable bonds is 3. The molecular formula is C11H14F3N3O. The van der Waals surface area contributed by atoms with E-state index < -0.39 is 11.9 Å². The maximum absolute atomic E-state index is 12.3. The lowest BCUT2D eigenvalue weighted by Crippen LogP contribution is -2.30. The van der Waals surface area contributed by atoms with Gasteiger partial charge in [-0.1, -0.05) is 0 Å². The quantitative estimate of drug-likeness (QED) is 0.908. The van der Waals surface area contributed by atoms with Gasteiger partial charge in [-0.3, -0.25) is 0 Å². The number of aromatic nitrogens is 2. The monoisotopic (exact) mass is 261 g/mol. The molecule has 1 N–H and O–H groups in total. The molecule has 0 aromatic carbocycles. The van der Waals surface area contributed by atoms with E-state index in [0.717, 1.165) is 25.5 Å². The molecule has 0 amide bonds. The van der Waals surface area contributed by atoms with Crippen molar-refractivity contribution in [2.45, 2.75) is 38.1 Å². The molecule has 100 valence electrons. The molecule has 1 aromatic heterocycles. The van der Waals surface area contributed by atoms with E-state index in [4.69, 9.17) is 4.74 Å². The minimum absolute atomic E-state index is 0.00135. The Hall–Kier alpha value is -1.37. The van der Waals surface area contributed by atoms with Crippen LogP contribution in [0.5, 0.6) is 0 Å². The van der Waals surface area contributed by atoms with E-state index in [1.165, 1.54) is 6.07 Å². The van der Waals surface area contributed by atoms with Crippen molar-refractivity contribution in [1.82, 2.24) is 10.2 Å². The molecule has 0 saturated carbocycles. The summed E-state index contributed by atoms with van der Waals surface area (Å²) in [5.41, 5.74) is -0.988. The van der Waals surface area contributed by atoms with Crippen LogP contribution < -0.4 is 5.32 Å². The third-order valence-corrected chi connectivity index (χ3v) is 2.85. The molecule has 0 radical (unpaired) electrons. The highest BCUT2D eigenvalue weighted by molar-refractivity contribution is 5.34. The number of nitrogens with one attached hydrogen (secondary N) is 1. The molecule has 1 fully saturated rings. The third-order valence-electron chi connectivity index (χ3n) is 2.85. The maximum Gasteiger partial charge on any atom is 0.435 e. The number of hydrogen-bond donors (Lipinski definition) is 1. The highest BCUT2D eigenvalue weighted by atomic mass is 19.4. The Bertz CT molecular complexity index is 388. The summed E-state index contributed by atoms with van der Waals surface area (Å²) in [5.74, 6) is 0.325. The highest BCUT2D eigenvalue weighted by Crippen LogP contribution is 2.27. The van der Waals surface area contributed by atoms with E-state index in [0.29, 0.717) is 5.82 Å². The lowest BCUT2D eigenvalue weighted by Gasteiger charge is -2.20. The summed E-state index contributed by atoms with van der Waals surface area (Å²) in [5, 5.41) is 9.67. The van der Waals surface area contributed by atoms with Crippen molar-refractivity contribution in [2.75, 3.05) is 11.9 Å². The SMILES string of the molecule is CC(Nc1ccc(C(F)(F)F)nn1)C1CCCO1. The number of halogens is 3. The van der Waals surface area contributed by atoms with Crippen LogP contribution in [0.2, 0.25) is 0 Å². The van der Waals surface area contributed by atoms with E-state index in [2.05, 4.69) is 15.5 Å². The van der Waals surface area contributed by atoms with E-state index in [1.807, 2.05) is 6.92 Å². The molecule has 1 saturated heterocycles. The lowest BCUT2D eigenvalue weighted by molar-refractivity contribution is -0.141. The molecule has 0 bridgehead atoms. The normalized spacial score (nSPS) is 21.9. The predicted octanol–water partition coefficient (Wildman–Crippen LogP) is 2.47. The second-order valence-electron chi connectivity index (χ2n) is 4.29. The second kappa shape index (κ2) is 5.09. The molecule has 0 spiro atoms. The smallest absolute Gasteiger partial charge is 0.376 e. The lowest BCUT2D eigenvalue weighted by atomic mass is 10.1. The van der Waals surface area contributed by atoms with Gasteiger partial charge in [0.25, 0.3) is 0 Å². The fourth-order valence-electron chi connectivity index (χ4n) is 1.88. The summed E-state index contributed by atoms with van der Waals surface area (Å²) in [7, 11) is 0. The molecule has 1 aliphatic heterocycles. The first-order chi connectivity index (χ1) is 8.47. The van der Waals surface area contributed by atoms with Crippen LogP contribution in [0.3, 0.4) is 0 Å². The molecule has 1 aliphatic rings. The molecule has 4 nitrogen and oxygen atoms in total. The average Bonchev–Trinajstić information content (AvgIpc) is 2.82. The molecule has 1 aromatic rings. The van der Waals surface area contributed by atoms with Gasteiger partial charge >= 0.3 is 6.18 Å². The van der Waals surface area contributed by atoms with E-state index in [-0.39, 0.29) is 12.1 Å². The van der Waals surface area contributed by atoms with Gasteiger partial charge < -0.3 is 10.1 Å². The van der Waals surface area contributed by atoms with Crippen LogP contribution in [0.4, 0.5) is 19.0 Å². The zero-order valence-electron chi connectivity index (χ0n) is 9.87. The standard InChI is InChI=1S/C11H14F3N3O/c1-7(8-3-2-6-18-8)15-10-5-4-9(16-17-10)11(12,13)14/h4-5,7-8H,2-3,6H2,1H3,(H,15,17). The molecule has 2 rings (SSSR count). The average molecular weight is 261 g/mol. The van der Waals surface area contributed by atoms with Crippen molar-refractivity contribution in [1.29, 1.82) is 0 Å². The predicted molar refractivity (Wildman–Crippen MR) is 59.1 cm³/mol. The summed E-state index contributed by atoms with van der Waals surface area (Å²) in [6, 6.07) is 2.19. The van der Waals surface area contributed by atoms with Gasteiger partial charge in [-0.25, -0.2) is 0 Å². The van der Waals surface area contributed by atoms with Gasteiger partial charge in [0.1, 0.15) is 5.82 Å². The number of ether oxygens (including phenoxy) is 1. The highest BCUT2D eigenvalue weighted by Gasteiger charge is 2.33. The number of hydrogen-bond acceptors (Lipinski definition) is 4. The van der Waals surface area contributed by atoms with Crippen molar-refractivity contribution in [3.05, 3.63) is 17.8 Å². The van der Waals surface area contributed by atoms with Crippen molar-refractivity contribution in [3.8, 4) is 0 Å². The Labute approximate surface area is 103 Å². The zero-order chi connectivity index (χ0) is 13.2. The fourth-order valence-corrected chi connectivity index (χ4v) is 1.88. The fraction of sp³-hybridized carbons (Fsp3) is 0.636. The summed E-state index contributed by atoms with van der Waals surface area (Å²) in [6.07, 6.45) is -2.42. The van der Waals surface area contributed by atoms with Crippen molar-refractivity contribution in [2.24, 2.45) is 0 Å². The van der Waals surface area contributed by atoms with Crippen molar-refractivity contribution < 1.29 is 17.9 Å². The van der Waals surface area contributed by atoms with Crippen LogP contribution in [0.1, 0.15) is 25.5 Å². The van der Waals surface area contributed by atoms with E-state index in [9.17, 15) is 13.2 Å². The van der Waals surface area contributed by atoms with Crippen molar-refractivity contribution >= 4 is 5.82 Å². The maximum atomic E-state index is 12.3. The molecule has 2 unspecified atom stereocenters. The zero-order valence-corrected chi connectivity index (χ0v) is 9.87. The van der Waals surface area contributed by atoms with Crippen LogP contribution in [-0.2, 0) is 10.9 Å². The van der Waals surface area contributed by atoms with Gasteiger partial charge in [0.15, 0.2) is 5.69 Å². The van der Waals surface area contributed by atoms with Crippen LogP contribution in [-0.4, -0.2) is 29.0 Å². The number of anilines is 1. The van der Waals surface area contributed by atoms with Gasteiger partial charge in [-0.15, -0.1) is 10.2 Å². The molecular weight excluding hydrogens is 247 g/mol. The summed E-state index contributed by atoms with van der Waals surface area (Å²) < 4.78 is 42.3. The van der Waals surface area contributed by atoms with Crippen LogP contribution in [0.25, 0.3) is 0 Å². The largest absolute Gasteiger partial charge is 0.435 e. The van der Waals surface area contributed by atoms with Gasteiger partial charge in [0.05, 0.1) is 12.1 Å². The minimum Gasteiger partial charge on any atom is -0.376 e. The van der Waals surface area contributed by atoms with E-state index in [1.54, 1.807) is 0 Å². The molecule has 2 atom stereocenters. The Kier molecular flexibility index (Phi) is 3.70. The number of alkyl halides is 3. The third kappa shape index (κ3) is 3.10. The van der Waals surface area contributed by atoms with Crippen LogP contribution in [0, 0.1) is 0 Å². The molecule has 18 heavy (non-hydrogen) atoms. The number of nitrogens with zero attached hydrogens (tertiary/aromatic N) is 2. The Morgan fingerprint density at radius 3 is 2.67 bits per heavy atom. The van der Waals surface area contributed by atoms with Gasteiger partial charge in [-0.05, 0) is 31.9 Å². The molecule has 0 aliphatic carbocycles. The van der Waals surface area contributed by atoms with Crippen molar-refractivity contribution in [3.63, 3.8) is 0 Å². The van der Waals surface area contributed by atoms with E-state index >= 15 is 0 Å². The first-order valence-electron chi connectivity index (χ1n) is 5.76. The summed E-state index contributed by atoms with van der Waals surface area (Å²) in [6.45, 7) is 2.64. The molecule has 7 heteroatoms. The van der Waals surface area contributed by atoms with Crippen LogP contribution in [0.15, 0.2) is 12.1 Å². The van der Waals surface area contributed by atoms with Gasteiger partial charge in [0, 0.05) is 6.61 Å². The summed E-state index contributed by atoms with van der Waals surface area (Å²) in [4.78, 5) is 0. The summed E-state index contributed by atoms with van der Waals surface area (Å²) >= 11 is 0. The second-order valence-corrected chi connectivity index (χ2v) is 4.29. The van der Waals surface area contributed by atoms with Gasteiger partial charge in [-0.2, -0.15) is 13.2 Å². The minimum atomic E-state index is -4.45. The Balaban J connectivity index is 1.97. The topological polar surface area (TPSA) is 47.0 Å². The first kappa shape index (κ1) is 13.1. The van der Waals surface area contributed by atoms with Gasteiger partial charge in [0.2, 0.25) is 0 Å². The Morgan fingerprint density at radius 2 is 2.17 bits per heavy atom. The Morgan fingerprint density at radius 1 is 1.39 bits per heavy atom.